The predicted octanol–water partition coefficient (Wildman–Crippen LogP) is 21.0. The molecular formula is C75H84. The molecule has 0 bridgehead atoms. The van der Waals surface area contributed by atoms with Crippen LogP contribution in [0, 0.1) is 6.92 Å². The summed E-state index contributed by atoms with van der Waals surface area (Å²) < 4.78 is 0. The van der Waals surface area contributed by atoms with Crippen LogP contribution in [0.15, 0.2) is 188 Å². The lowest BCUT2D eigenvalue weighted by Gasteiger charge is -2.16. The second kappa shape index (κ2) is 27.5. The van der Waals surface area contributed by atoms with Crippen molar-refractivity contribution in [2.45, 2.75) is 140 Å². The highest BCUT2D eigenvalue weighted by Crippen LogP contribution is 2.36. The molecule has 9 aromatic carbocycles. The summed E-state index contributed by atoms with van der Waals surface area (Å²) in [4.78, 5) is 0. The molecule has 0 atom stereocenters. The van der Waals surface area contributed by atoms with Crippen LogP contribution in [0.2, 0.25) is 0 Å². The van der Waals surface area contributed by atoms with Gasteiger partial charge in [-0.05, 0) is 199 Å². The molecule has 0 aliphatic carbocycles. The highest BCUT2D eigenvalue weighted by molar-refractivity contribution is 5.79. The van der Waals surface area contributed by atoms with Crippen LogP contribution < -0.4 is 0 Å². The summed E-state index contributed by atoms with van der Waals surface area (Å²) in [6.45, 7) is 24.5. The van der Waals surface area contributed by atoms with Crippen LogP contribution in [-0.2, 0) is 64.2 Å². The molecule has 0 aliphatic rings. The minimum absolute atomic E-state index is 1.05. The van der Waals surface area contributed by atoms with Crippen LogP contribution in [0.25, 0.3) is 66.8 Å². The van der Waals surface area contributed by atoms with Crippen LogP contribution in [0.1, 0.15) is 130 Å². The summed E-state index contributed by atoms with van der Waals surface area (Å²) in [6, 6.07) is 70.6. The molecule has 9 rings (SSSR count). The Labute approximate surface area is 454 Å². The van der Waals surface area contributed by atoms with E-state index in [1.165, 1.54) is 128 Å². The molecule has 0 fully saturated rings. The topological polar surface area (TPSA) is 0 Å². The summed E-state index contributed by atoms with van der Waals surface area (Å²) in [5.74, 6) is 0. The number of benzene rings is 9. The molecule has 0 amide bonds. The molecule has 9 aromatic rings. The monoisotopic (exact) mass is 985 g/mol. The van der Waals surface area contributed by atoms with Crippen molar-refractivity contribution in [3.8, 4) is 66.8 Å². The number of aryl methyl sites for hydroxylation is 11. The SMILES string of the molecule is CCc1ccc(-c2cc(CC)c(-c3ccc(CC)cc3)cc2C)cc1.CCc1ccc(-c2cc(CC)c(-c3ccc(CC)cc3)cc2CC)cc1.CCc1ccc(-c2ccc(-c3ccc(CC)cc3)c(CC)c2)cc1. The minimum Gasteiger partial charge on any atom is -0.0613 e. The summed E-state index contributed by atoms with van der Waals surface area (Å²) in [7, 11) is 0. The molecular weight excluding hydrogens is 901 g/mol. The zero-order valence-corrected chi connectivity index (χ0v) is 47.5. The second-order valence-electron chi connectivity index (χ2n) is 20.1. The Morgan fingerprint density at radius 3 is 0.707 bits per heavy atom. The van der Waals surface area contributed by atoms with Crippen molar-refractivity contribution < 1.29 is 0 Å². The first-order valence-electron chi connectivity index (χ1n) is 28.6. The molecule has 0 saturated heterocycles. The molecule has 384 valence electrons. The van der Waals surface area contributed by atoms with Gasteiger partial charge in [0.1, 0.15) is 0 Å². The summed E-state index contributed by atoms with van der Waals surface area (Å²) in [5.41, 5.74) is 31.5. The smallest absolute Gasteiger partial charge is 0.0149 e. The van der Waals surface area contributed by atoms with Crippen molar-refractivity contribution in [3.63, 3.8) is 0 Å². The molecule has 0 aliphatic heterocycles. The van der Waals surface area contributed by atoms with Crippen molar-refractivity contribution >= 4 is 0 Å². The Morgan fingerprint density at radius 1 is 0.187 bits per heavy atom. The van der Waals surface area contributed by atoms with E-state index < -0.39 is 0 Å². The van der Waals surface area contributed by atoms with Gasteiger partial charge in [0.15, 0.2) is 0 Å². The third kappa shape index (κ3) is 14.0. The van der Waals surface area contributed by atoms with Gasteiger partial charge in [-0.2, -0.15) is 0 Å². The van der Waals surface area contributed by atoms with E-state index in [-0.39, 0.29) is 0 Å². The fourth-order valence-corrected chi connectivity index (χ4v) is 10.3. The van der Waals surface area contributed by atoms with Gasteiger partial charge in [-0.1, -0.05) is 257 Å². The maximum absolute atomic E-state index is 2.42. The van der Waals surface area contributed by atoms with Gasteiger partial charge in [0.2, 0.25) is 0 Å². The van der Waals surface area contributed by atoms with Gasteiger partial charge < -0.3 is 0 Å². The number of hydrogen-bond donors (Lipinski definition) is 0. The van der Waals surface area contributed by atoms with E-state index in [1.54, 1.807) is 0 Å². The molecule has 0 aromatic heterocycles. The Morgan fingerprint density at radius 2 is 0.413 bits per heavy atom. The first-order valence-corrected chi connectivity index (χ1v) is 28.6. The molecule has 75 heavy (non-hydrogen) atoms. The quantitative estimate of drug-likeness (QED) is 0.0905. The van der Waals surface area contributed by atoms with Crippen molar-refractivity contribution in [1.29, 1.82) is 0 Å². The van der Waals surface area contributed by atoms with Crippen molar-refractivity contribution in [1.82, 2.24) is 0 Å². The van der Waals surface area contributed by atoms with Crippen molar-refractivity contribution in [2.24, 2.45) is 0 Å². The molecule has 0 unspecified atom stereocenters. The molecule has 0 spiro atoms. The Bertz CT molecular complexity index is 3110. The predicted molar refractivity (Wildman–Crippen MR) is 330 cm³/mol. The third-order valence-corrected chi connectivity index (χ3v) is 15.5. The van der Waals surface area contributed by atoms with E-state index in [0.717, 1.165) is 64.2 Å². The molecule has 0 heterocycles. The number of rotatable bonds is 16. The van der Waals surface area contributed by atoms with E-state index in [4.69, 9.17) is 0 Å². The first-order chi connectivity index (χ1) is 36.6. The zero-order valence-electron chi connectivity index (χ0n) is 47.5. The van der Waals surface area contributed by atoms with Crippen LogP contribution >= 0.6 is 0 Å². The Hall–Kier alpha value is -7.02. The second-order valence-corrected chi connectivity index (χ2v) is 20.1. The standard InChI is InChI=1S/C26H30.C25H28.C24H26/c1-5-19-9-13-23(14-10-19)25-17-22(8-4)26(18-21(25)7-3)24-15-11-20(6-2)12-16-24;1-5-19-8-12-22(13-9-19)24-17-21(7-3)25(16-18(24)4)23-14-10-20(6-2)11-15-23;1-4-18-7-11-21(12-8-18)23-15-16-24(20(6-3)17-23)22-13-9-19(5-2)10-14-22/h9-18H,5-8H2,1-4H3;8-17H,5-7H2,1-4H3;7-17H,4-6H2,1-3H3. The fourth-order valence-electron chi connectivity index (χ4n) is 10.3. The van der Waals surface area contributed by atoms with Gasteiger partial charge in [-0.15, -0.1) is 0 Å². The van der Waals surface area contributed by atoms with Gasteiger partial charge in [0.25, 0.3) is 0 Å². The maximum Gasteiger partial charge on any atom is -0.0149 e. The molecule has 0 N–H and O–H groups in total. The lowest BCUT2D eigenvalue weighted by molar-refractivity contribution is 1.10. The van der Waals surface area contributed by atoms with E-state index >= 15 is 0 Å². The fraction of sp³-hybridized carbons (Fsp3) is 0.280. The highest BCUT2D eigenvalue weighted by atomic mass is 14.2. The van der Waals surface area contributed by atoms with Gasteiger partial charge in [-0.3, -0.25) is 0 Å². The summed E-state index contributed by atoms with van der Waals surface area (Å²) in [5, 5.41) is 0. The number of hydrogen-bond acceptors (Lipinski definition) is 0. The average molecular weight is 985 g/mol. The largest absolute Gasteiger partial charge is 0.0613 e. The lowest BCUT2D eigenvalue weighted by Crippen LogP contribution is -1.96. The van der Waals surface area contributed by atoms with Gasteiger partial charge >= 0.3 is 0 Å². The molecule has 0 saturated carbocycles. The third-order valence-electron chi connectivity index (χ3n) is 15.5. The zero-order chi connectivity index (χ0) is 53.3. The normalized spacial score (nSPS) is 10.9. The lowest BCUT2D eigenvalue weighted by atomic mass is 9.88. The van der Waals surface area contributed by atoms with Crippen molar-refractivity contribution in [3.05, 3.63) is 249 Å². The molecule has 0 radical (unpaired) electrons. The van der Waals surface area contributed by atoms with Gasteiger partial charge in [0.05, 0.1) is 0 Å². The Balaban J connectivity index is 0.000000164. The summed E-state index contributed by atoms with van der Waals surface area (Å²) >= 11 is 0. The van der Waals surface area contributed by atoms with Gasteiger partial charge in [-0.25, -0.2) is 0 Å². The summed E-state index contributed by atoms with van der Waals surface area (Å²) in [6.07, 6.45) is 10.7. The van der Waals surface area contributed by atoms with Crippen LogP contribution in [0.4, 0.5) is 0 Å². The van der Waals surface area contributed by atoms with E-state index in [0.29, 0.717) is 0 Å². The molecule has 0 heteroatoms. The minimum atomic E-state index is 1.05. The Kier molecular flexibility index (Phi) is 20.4. The highest BCUT2D eigenvalue weighted by Gasteiger charge is 2.14. The first kappa shape index (κ1) is 55.7. The maximum atomic E-state index is 2.42. The van der Waals surface area contributed by atoms with Crippen molar-refractivity contribution in [2.75, 3.05) is 0 Å². The van der Waals surface area contributed by atoms with Gasteiger partial charge in [0, 0.05) is 0 Å². The van der Waals surface area contributed by atoms with E-state index in [1.807, 2.05) is 0 Å². The van der Waals surface area contributed by atoms with E-state index in [9.17, 15) is 0 Å². The molecule has 0 nitrogen and oxygen atoms in total. The average Bonchev–Trinajstić information content (AvgIpc) is 3.49. The van der Waals surface area contributed by atoms with E-state index in [2.05, 4.69) is 264 Å². The van der Waals surface area contributed by atoms with Crippen LogP contribution in [0.5, 0.6) is 0 Å². The van der Waals surface area contributed by atoms with Crippen LogP contribution in [-0.4, -0.2) is 0 Å². The van der Waals surface area contributed by atoms with Crippen LogP contribution in [0.3, 0.4) is 0 Å².